The molecule has 0 saturated carbocycles. The van der Waals surface area contributed by atoms with Gasteiger partial charge in [0.25, 0.3) is 5.89 Å². The molecular weight excluding hydrogens is 394 g/mol. The van der Waals surface area contributed by atoms with Crippen LogP contribution in [-0.2, 0) is 11.3 Å². The largest absolute Gasteiger partial charge is 0.375 e. The molecule has 4 heterocycles. The number of imidazole rings is 1. The molecule has 0 radical (unpaired) electrons. The molecule has 0 spiro atoms. The lowest BCUT2D eigenvalue weighted by molar-refractivity contribution is 0.151. The van der Waals surface area contributed by atoms with E-state index in [1.54, 1.807) is 28.9 Å². The van der Waals surface area contributed by atoms with Crippen LogP contribution < -0.4 is 0 Å². The molecule has 5 rings (SSSR count). The summed E-state index contributed by atoms with van der Waals surface area (Å²) in [6.07, 6.45) is 4.91. The van der Waals surface area contributed by atoms with E-state index in [-0.39, 0.29) is 17.9 Å². The number of aromatic amines is 1. The number of ether oxygens (including phenoxy) is 1. The molecule has 8 nitrogen and oxygen atoms in total. The summed E-state index contributed by atoms with van der Waals surface area (Å²) >= 11 is 0. The maximum absolute atomic E-state index is 14.3. The van der Waals surface area contributed by atoms with Crippen LogP contribution in [-0.4, -0.2) is 36.8 Å². The van der Waals surface area contributed by atoms with E-state index in [1.165, 1.54) is 31.5 Å². The molecule has 0 atom stereocenters. The van der Waals surface area contributed by atoms with Gasteiger partial charge in [-0.25, -0.2) is 13.8 Å². The predicted octanol–water partition coefficient (Wildman–Crippen LogP) is 3.87. The summed E-state index contributed by atoms with van der Waals surface area (Å²) < 4.78 is 40.6. The van der Waals surface area contributed by atoms with E-state index < -0.39 is 11.6 Å². The third kappa shape index (κ3) is 2.94. The first-order valence-corrected chi connectivity index (χ1v) is 8.93. The number of halogens is 2. The molecule has 0 aliphatic rings. The Kier molecular flexibility index (Phi) is 4.32. The maximum Gasteiger partial charge on any atom is 0.252 e. The summed E-state index contributed by atoms with van der Waals surface area (Å²) in [5.74, 6) is -0.672. The minimum Gasteiger partial charge on any atom is -0.375 e. The minimum atomic E-state index is -0.678. The molecule has 0 aliphatic heterocycles. The molecule has 4 aromatic heterocycles. The zero-order chi connectivity index (χ0) is 20.7. The van der Waals surface area contributed by atoms with Gasteiger partial charge in [0.15, 0.2) is 0 Å². The quantitative estimate of drug-likeness (QED) is 0.475. The highest BCUT2D eigenvalue weighted by Gasteiger charge is 2.19. The molecule has 0 unspecified atom stereocenters. The van der Waals surface area contributed by atoms with Gasteiger partial charge in [0.05, 0.1) is 23.7 Å². The molecule has 1 N–H and O–H groups in total. The monoisotopic (exact) mass is 408 g/mol. The molecule has 0 aliphatic carbocycles. The molecule has 0 saturated heterocycles. The van der Waals surface area contributed by atoms with Crippen molar-refractivity contribution < 1.29 is 18.0 Å². The number of fused-ring (bicyclic) bond motifs is 1. The molecule has 10 heteroatoms. The Balaban J connectivity index is 1.63. The van der Waals surface area contributed by atoms with E-state index in [0.717, 1.165) is 0 Å². The summed E-state index contributed by atoms with van der Waals surface area (Å²) in [6.45, 7) is 0.196. The number of nitrogens with one attached hydrogen (secondary N) is 1. The van der Waals surface area contributed by atoms with Crippen LogP contribution in [0.3, 0.4) is 0 Å². The molecule has 30 heavy (non-hydrogen) atoms. The van der Waals surface area contributed by atoms with Crippen molar-refractivity contribution in [1.29, 1.82) is 0 Å². The van der Waals surface area contributed by atoms with Crippen LogP contribution in [0.2, 0.25) is 0 Å². The Morgan fingerprint density at radius 1 is 1.13 bits per heavy atom. The van der Waals surface area contributed by atoms with Crippen molar-refractivity contribution in [3.63, 3.8) is 0 Å². The standard InChI is InChI=1S/C20H14F2N6O2/c1-29-10-17-25-20(27-30-17)15-8-23-16-6-5-11(9-28(15)16)12-7-24-26-19(12)18-13(21)3-2-4-14(18)22/h2-9H,10H2,1H3,(H,24,26). The van der Waals surface area contributed by atoms with Crippen molar-refractivity contribution in [2.75, 3.05) is 7.11 Å². The Morgan fingerprint density at radius 2 is 1.97 bits per heavy atom. The van der Waals surface area contributed by atoms with Gasteiger partial charge < -0.3 is 9.26 Å². The second-order valence-corrected chi connectivity index (χ2v) is 6.49. The fourth-order valence-corrected chi connectivity index (χ4v) is 3.28. The van der Waals surface area contributed by atoms with Crippen LogP contribution in [0.15, 0.2) is 53.4 Å². The van der Waals surface area contributed by atoms with E-state index >= 15 is 0 Å². The molecule has 0 fully saturated rings. The summed E-state index contributed by atoms with van der Waals surface area (Å²) in [5.41, 5.74) is 2.53. The average molecular weight is 408 g/mol. The van der Waals surface area contributed by atoms with E-state index in [1.807, 2.05) is 0 Å². The van der Waals surface area contributed by atoms with Gasteiger partial charge >= 0.3 is 0 Å². The lowest BCUT2D eigenvalue weighted by Crippen LogP contribution is -1.94. The topological polar surface area (TPSA) is 94.1 Å². The molecule has 0 amide bonds. The van der Waals surface area contributed by atoms with Gasteiger partial charge in [0.1, 0.15) is 29.6 Å². The zero-order valence-electron chi connectivity index (χ0n) is 15.6. The van der Waals surface area contributed by atoms with Crippen molar-refractivity contribution in [3.8, 4) is 33.9 Å². The smallest absolute Gasteiger partial charge is 0.252 e. The minimum absolute atomic E-state index is 0.168. The van der Waals surface area contributed by atoms with Crippen LogP contribution in [0, 0.1) is 11.6 Å². The number of hydrogen-bond donors (Lipinski definition) is 1. The van der Waals surface area contributed by atoms with Crippen LogP contribution >= 0.6 is 0 Å². The number of aromatic nitrogens is 6. The molecule has 0 bridgehead atoms. The number of pyridine rings is 1. The fourth-order valence-electron chi connectivity index (χ4n) is 3.28. The number of rotatable bonds is 5. The average Bonchev–Trinajstić information content (AvgIpc) is 3.47. The zero-order valence-corrected chi connectivity index (χ0v) is 15.6. The number of methoxy groups -OCH3 is 1. The van der Waals surface area contributed by atoms with Gasteiger partial charge in [0.2, 0.25) is 5.82 Å². The van der Waals surface area contributed by atoms with E-state index in [4.69, 9.17) is 9.26 Å². The van der Waals surface area contributed by atoms with Gasteiger partial charge in [-0.05, 0) is 24.3 Å². The highest BCUT2D eigenvalue weighted by molar-refractivity contribution is 5.81. The van der Waals surface area contributed by atoms with Crippen LogP contribution in [0.1, 0.15) is 5.89 Å². The third-order valence-electron chi connectivity index (χ3n) is 4.63. The molecule has 1 aromatic carbocycles. The van der Waals surface area contributed by atoms with Crippen molar-refractivity contribution in [1.82, 2.24) is 29.7 Å². The van der Waals surface area contributed by atoms with Crippen LogP contribution in [0.5, 0.6) is 0 Å². The number of nitrogens with zero attached hydrogens (tertiary/aromatic N) is 5. The van der Waals surface area contributed by atoms with E-state index in [2.05, 4.69) is 25.3 Å². The lowest BCUT2D eigenvalue weighted by atomic mass is 10.0. The van der Waals surface area contributed by atoms with Crippen molar-refractivity contribution in [3.05, 3.63) is 66.4 Å². The normalized spacial score (nSPS) is 11.4. The van der Waals surface area contributed by atoms with Crippen LogP contribution in [0.25, 0.3) is 39.5 Å². The second kappa shape index (κ2) is 7.16. The Labute approximate surface area is 168 Å². The maximum atomic E-state index is 14.3. The van der Waals surface area contributed by atoms with E-state index in [0.29, 0.717) is 34.2 Å². The summed E-state index contributed by atoms with van der Waals surface area (Å²) in [6, 6.07) is 7.30. The summed E-state index contributed by atoms with van der Waals surface area (Å²) in [4.78, 5) is 8.64. The lowest BCUT2D eigenvalue weighted by Gasteiger charge is -2.07. The van der Waals surface area contributed by atoms with Gasteiger partial charge in [-0.1, -0.05) is 11.2 Å². The van der Waals surface area contributed by atoms with Gasteiger partial charge in [-0.3, -0.25) is 9.50 Å². The van der Waals surface area contributed by atoms with Gasteiger partial charge in [-0.2, -0.15) is 10.1 Å². The fraction of sp³-hybridized carbons (Fsp3) is 0.100. The van der Waals surface area contributed by atoms with Crippen LogP contribution in [0.4, 0.5) is 8.78 Å². The predicted molar refractivity (Wildman–Crippen MR) is 102 cm³/mol. The Bertz CT molecular complexity index is 1340. The summed E-state index contributed by atoms with van der Waals surface area (Å²) in [7, 11) is 1.53. The Hall–Kier alpha value is -3.92. The first-order chi connectivity index (χ1) is 14.7. The SMILES string of the molecule is COCc1nc(-c2cnc3ccc(-c4cn[nH]c4-c4c(F)cccc4F)cn23)no1. The molecule has 150 valence electrons. The molecule has 5 aromatic rings. The van der Waals surface area contributed by atoms with Gasteiger partial charge in [0, 0.05) is 24.4 Å². The Morgan fingerprint density at radius 3 is 2.77 bits per heavy atom. The number of benzene rings is 1. The van der Waals surface area contributed by atoms with E-state index in [9.17, 15) is 8.78 Å². The second-order valence-electron chi connectivity index (χ2n) is 6.49. The van der Waals surface area contributed by atoms with Gasteiger partial charge in [-0.15, -0.1) is 0 Å². The first-order valence-electron chi connectivity index (χ1n) is 8.93. The number of hydrogen-bond acceptors (Lipinski definition) is 6. The summed E-state index contributed by atoms with van der Waals surface area (Å²) in [5, 5.41) is 10.7. The molecular formula is C20H14F2N6O2. The number of H-pyrrole nitrogens is 1. The highest BCUT2D eigenvalue weighted by Crippen LogP contribution is 2.34. The van der Waals surface area contributed by atoms with Crippen molar-refractivity contribution in [2.45, 2.75) is 6.61 Å². The first kappa shape index (κ1) is 18.1. The van der Waals surface area contributed by atoms with Crippen molar-refractivity contribution in [2.24, 2.45) is 0 Å². The highest BCUT2D eigenvalue weighted by atomic mass is 19.1. The van der Waals surface area contributed by atoms with Crippen molar-refractivity contribution >= 4 is 5.65 Å². The third-order valence-corrected chi connectivity index (χ3v) is 4.63.